The molecule has 3 saturated heterocycles. The first-order valence-electron chi connectivity index (χ1n) is 8.86. The fraction of sp³-hybridized carbons (Fsp3) is 0.625. The molecule has 2 aromatic rings. The van der Waals surface area contributed by atoms with E-state index in [1.165, 1.54) is 30.6 Å². The lowest BCUT2D eigenvalue weighted by atomic mass is 9.74. The number of piperidine rings is 3. The summed E-state index contributed by atoms with van der Waals surface area (Å²) in [4.78, 5) is 9.05. The van der Waals surface area contributed by atoms with Crippen molar-refractivity contribution in [2.75, 3.05) is 38.5 Å². The van der Waals surface area contributed by atoms with Gasteiger partial charge in [0.25, 0.3) is 12.0 Å². The molecule has 132 valence electrons. The lowest BCUT2D eigenvalue weighted by molar-refractivity contribution is -0.987. The van der Waals surface area contributed by atoms with Crippen LogP contribution in [0.2, 0.25) is 0 Å². The van der Waals surface area contributed by atoms with Gasteiger partial charge < -0.3 is 4.74 Å². The number of aliphatic imine (C=N–C) groups is 1. The molecule has 1 atom stereocenters. The van der Waals surface area contributed by atoms with Gasteiger partial charge in [0.05, 0.1) is 25.3 Å². The maximum atomic E-state index is 6.35. The van der Waals surface area contributed by atoms with Crippen molar-refractivity contribution in [3.63, 3.8) is 0 Å². The van der Waals surface area contributed by atoms with Gasteiger partial charge in [-0.3, -0.25) is 5.32 Å². The predicted octanol–water partition coefficient (Wildman–Crippen LogP) is 0.344. The summed E-state index contributed by atoms with van der Waals surface area (Å²) < 4.78 is 8.80. The molecule has 25 heavy (non-hydrogen) atoms. The Morgan fingerprint density at radius 2 is 2.12 bits per heavy atom. The second-order valence-electron chi connectivity index (χ2n) is 7.42. The molecule has 1 spiro atoms. The zero-order valence-corrected chi connectivity index (χ0v) is 14.6. The highest BCUT2D eigenvalue weighted by Gasteiger charge is 2.59. The van der Waals surface area contributed by atoms with Gasteiger partial charge in [0.15, 0.2) is 11.2 Å². The molecular weight excluding hydrogens is 320 g/mol. The summed E-state index contributed by atoms with van der Waals surface area (Å²) in [5.74, 6) is 1.04. The third-order valence-electron chi connectivity index (χ3n) is 5.95. The Labute approximate surface area is 145 Å². The Bertz CT molecular complexity index is 853. The van der Waals surface area contributed by atoms with Gasteiger partial charge >= 0.3 is 0 Å². The lowest BCUT2D eigenvalue weighted by Gasteiger charge is -2.54. The molecule has 2 bridgehead atoms. The zero-order chi connectivity index (χ0) is 17.1. The fourth-order valence-corrected chi connectivity index (χ4v) is 4.53. The third kappa shape index (κ3) is 2.30. The minimum atomic E-state index is -0.199. The summed E-state index contributed by atoms with van der Waals surface area (Å²) in [6.45, 7) is 5.94. The van der Waals surface area contributed by atoms with Crippen molar-refractivity contribution < 1.29 is 9.33 Å². The number of hydrogen-bond donors (Lipinski definition) is 2. The number of anilines is 1. The number of quaternary nitrogens is 1. The Morgan fingerprint density at radius 3 is 2.92 bits per heavy atom. The maximum Gasteiger partial charge on any atom is 0.292 e. The van der Waals surface area contributed by atoms with E-state index in [4.69, 9.17) is 4.74 Å². The van der Waals surface area contributed by atoms with E-state index in [2.05, 4.69) is 30.9 Å². The number of ether oxygens (including phenoxy) is 1. The quantitative estimate of drug-likeness (QED) is 0.765. The summed E-state index contributed by atoms with van der Waals surface area (Å²) >= 11 is 0. The molecular formula is C16H23N8O+. The molecule has 4 aliphatic rings. The van der Waals surface area contributed by atoms with E-state index in [1.807, 2.05) is 26.1 Å². The van der Waals surface area contributed by atoms with Crippen molar-refractivity contribution in [1.29, 1.82) is 0 Å². The molecule has 0 amide bonds. The molecule has 2 N–H and O–H groups in total. The number of rotatable bonds is 2. The molecule has 9 nitrogen and oxygen atoms in total. The molecule has 2 aromatic heterocycles. The van der Waals surface area contributed by atoms with E-state index in [1.54, 1.807) is 0 Å². The first-order chi connectivity index (χ1) is 12.1. The number of amidine groups is 1. The molecule has 0 aromatic carbocycles. The summed E-state index contributed by atoms with van der Waals surface area (Å²) in [5.41, 5.74) is 4.89. The first-order valence-corrected chi connectivity index (χ1v) is 8.86. The molecule has 1 unspecified atom stereocenters. The average Bonchev–Trinajstić information content (AvgIpc) is 3.19. The number of nitrogens with zero attached hydrogens (tertiary/aromatic N) is 6. The van der Waals surface area contributed by atoms with E-state index in [-0.39, 0.29) is 5.60 Å². The Balaban J connectivity index is 1.35. The minimum absolute atomic E-state index is 0.199. The predicted molar refractivity (Wildman–Crippen MR) is 91.9 cm³/mol. The summed E-state index contributed by atoms with van der Waals surface area (Å²) in [6, 6.07) is 4.34. The Kier molecular flexibility index (Phi) is 3.08. The van der Waals surface area contributed by atoms with Crippen LogP contribution in [0.15, 0.2) is 17.1 Å². The number of aromatic nitrogens is 4. The number of fused-ring (bicyclic) bond motifs is 3. The minimum Gasteiger partial charge on any atom is -0.450 e. The van der Waals surface area contributed by atoms with Gasteiger partial charge in [-0.2, -0.15) is 15.5 Å². The highest BCUT2D eigenvalue weighted by Crippen LogP contribution is 2.43. The second kappa shape index (κ2) is 5.12. The second-order valence-corrected chi connectivity index (χ2v) is 7.42. The SMILES string of the molecule is CN[N+]12CCC(CC1)C1(CN=C(Nc3nc4ccc(C)nn4n3)O1)C2. The molecule has 6 rings (SSSR count). The van der Waals surface area contributed by atoms with Crippen molar-refractivity contribution in [2.45, 2.75) is 25.4 Å². The van der Waals surface area contributed by atoms with E-state index < -0.39 is 0 Å². The van der Waals surface area contributed by atoms with Crippen molar-refractivity contribution in [3.05, 3.63) is 17.8 Å². The molecule has 6 heterocycles. The Hall–Kier alpha value is -2.26. The highest BCUT2D eigenvalue weighted by atomic mass is 16.5. The molecule has 0 saturated carbocycles. The lowest BCUT2D eigenvalue weighted by Crippen LogP contribution is -2.74. The fourth-order valence-electron chi connectivity index (χ4n) is 4.53. The smallest absolute Gasteiger partial charge is 0.292 e. The molecule has 4 aliphatic heterocycles. The Morgan fingerprint density at radius 1 is 1.28 bits per heavy atom. The summed E-state index contributed by atoms with van der Waals surface area (Å²) in [5, 5.41) is 11.8. The molecule has 0 radical (unpaired) electrons. The van der Waals surface area contributed by atoms with Crippen LogP contribution in [-0.4, -0.2) is 69.3 Å². The average molecular weight is 343 g/mol. The van der Waals surface area contributed by atoms with Crippen LogP contribution in [0.4, 0.5) is 5.95 Å². The monoisotopic (exact) mass is 343 g/mol. The van der Waals surface area contributed by atoms with Gasteiger partial charge in [-0.25, -0.2) is 9.58 Å². The van der Waals surface area contributed by atoms with E-state index in [0.717, 1.165) is 16.8 Å². The molecule has 9 heteroatoms. The van der Waals surface area contributed by atoms with Gasteiger partial charge in [0.1, 0.15) is 6.54 Å². The zero-order valence-electron chi connectivity index (χ0n) is 14.6. The number of aryl methyl sites for hydroxylation is 1. The van der Waals surface area contributed by atoms with E-state index >= 15 is 0 Å². The van der Waals surface area contributed by atoms with Crippen LogP contribution in [0, 0.1) is 12.8 Å². The van der Waals surface area contributed by atoms with Gasteiger partial charge in [0, 0.05) is 25.8 Å². The van der Waals surface area contributed by atoms with Crippen molar-refractivity contribution in [3.8, 4) is 0 Å². The van der Waals surface area contributed by atoms with E-state index in [0.29, 0.717) is 30.1 Å². The van der Waals surface area contributed by atoms with Crippen LogP contribution in [0.25, 0.3) is 5.65 Å². The molecule has 3 fully saturated rings. The number of hydrogen-bond acceptors (Lipinski definition) is 7. The first kappa shape index (κ1) is 15.0. The highest BCUT2D eigenvalue weighted by molar-refractivity contribution is 5.88. The summed E-state index contributed by atoms with van der Waals surface area (Å²) in [7, 11) is 2.05. The van der Waals surface area contributed by atoms with Gasteiger partial charge in [-0.15, -0.1) is 9.73 Å². The van der Waals surface area contributed by atoms with Crippen LogP contribution in [0.3, 0.4) is 0 Å². The van der Waals surface area contributed by atoms with Crippen LogP contribution < -0.4 is 10.7 Å². The number of nitrogens with one attached hydrogen (secondary N) is 2. The topological polar surface area (TPSA) is 88.7 Å². The maximum absolute atomic E-state index is 6.35. The standard InChI is InChI=1S/C16H23N8O/c1-11-3-4-13-19-14(22-23(13)21-11)20-15-18-9-16(25-15)10-24(17-2)7-5-12(16)6-8-24/h3-4,12,17H,5-10H2,1-2H3,(H,18,20,22)/q+1. The van der Waals surface area contributed by atoms with Crippen LogP contribution in [0.5, 0.6) is 0 Å². The van der Waals surface area contributed by atoms with Crippen LogP contribution in [-0.2, 0) is 4.74 Å². The van der Waals surface area contributed by atoms with Gasteiger partial charge in [0.2, 0.25) is 0 Å². The van der Waals surface area contributed by atoms with E-state index in [9.17, 15) is 0 Å². The van der Waals surface area contributed by atoms with Crippen molar-refractivity contribution in [1.82, 2.24) is 25.2 Å². The van der Waals surface area contributed by atoms with Crippen LogP contribution >= 0.6 is 0 Å². The van der Waals surface area contributed by atoms with Crippen molar-refractivity contribution >= 4 is 17.6 Å². The summed E-state index contributed by atoms with van der Waals surface area (Å²) in [6.07, 6.45) is 2.36. The van der Waals surface area contributed by atoms with Crippen LogP contribution in [0.1, 0.15) is 18.5 Å². The largest absolute Gasteiger partial charge is 0.450 e. The third-order valence-corrected chi connectivity index (χ3v) is 5.95. The van der Waals surface area contributed by atoms with Gasteiger partial charge in [-0.1, -0.05) is 0 Å². The van der Waals surface area contributed by atoms with Crippen molar-refractivity contribution in [2.24, 2.45) is 10.9 Å². The normalized spacial score (nSPS) is 33.7. The molecule has 0 aliphatic carbocycles. The van der Waals surface area contributed by atoms with Gasteiger partial charge in [-0.05, 0) is 19.1 Å².